The lowest BCUT2D eigenvalue weighted by Gasteiger charge is -2.12. The first-order valence-electron chi connectivity index (χ1n) is 6.88. The van der Waals surface area contributed by atoms with Crippen LogP contribution in [-0.2, 0) is 9.63 Å². The van der Waals surface area contributed by atoms with Gasteiger partial charge in [0.15, 0.2) is 23.9 Å². The number of carboxylic acids is 1. The number of aliphatic carboxylic acids is 1. The van der Waals surface area contributed by atoms with Crippen LogP contribution in [0.15, 0.2) is 18.2 Å². The number of nitrogen functional groups attached to an aromatic ring is 1. The predicted molar refractivity (Wildman–Crippen MR) is 91.7 cm³/mol. The Morgan fingerprint density at radius 3 is 2.69 bits per heavy atom. The molecule has 0 spiro atoms. The monoisotopic (exact) mass is 403 g/mol. The Balaban J connectivity index is 2.45. The predicted octanol–water partition coefficient (Wildman–Crippen LogP) is 2.53. The molecule has 2 rings (SSSR count). The summed E-state index contributed by atoms with van der Waals surface area (Å²) in [7, 11) is 1.25. The number of aromatic nitrogens is 1. The van der Waals surface area contributed by atoms with Crippen molar-refractivity contribution in [3.63, 3.8) is 0 Å². The van der Waals surface area contributed by atoms with E-state index in [1.807, 2.05) is 5.48 Å². The van der Waals surface area contributed by atoms with Crippen molar-refractivity contribution in [3.05, 3.63) is 39.8 Å². The molecule has 0 aliphatic carbocycles. The van der Waals surface area contributed by atoms with Gasteiger partial charge < -0.3 is 15.6 Å². The lowest BCUT2D eigenvalue weighted by Crippen LogP contribution is -2.28. The van der Waals surface area contributed by atoms with E-state index >= 15 is 0 Å². The van der Waals surface area contributed by atoms with Crippen LogP contribution < -0.4 is 16.0 Å². The number of nitrogens with two attached hydrogens (primary N) is 1. The second-order valence-corrected chi connectivity index (χ2v) is 5.60. The maximum absolute atomic E-state index is 14.6. The van der Waals surface area contributed by atoms with Crippen molar-refractivity contribution in [3.8, 4) is 17.0 Å². The molecular weight excluding hydrogens is 392 g/mol. The highest BCUT2D eigenvalue weighted by molar-refractivity contribution is 6.36. The molecule has 2 aromatic rings. The van der Waals surface area contributed by atoms with E-state index in [0.29, 0.717) is 0 Å². The summed E-state index contributed by atoms with van der Waals surface area (Å²) in [5.41, 5.74) is 7.15. The maximum atomic E-state index is 14.6. The molecular formula is C15H12Cl2FN3O5. The first kappa shape index (κ1) is 19.7. The zero-order chi connectivity index (χ0) is 19.4. The minimum atomic E-state index is -1.30. The van der Waals surface area contributed by atoms with Gasteiger partial charge in [0.25, 0.3) is 5.91 Å². The van der Waals surface area contributed by atoms with E-state index in [0.717, 1.165) is 0 Å². The van der Waals surface area contributed by atoms with Crippen LogP contribution in [0.25, 0.3) is 11.3 Å². The minimum absolute atomic E-state index is 0.0113. The number of ether oxygens (including phenoxy) is 1. The van der Waals surface area contributed by atoms with Crippen LogP contribution >= 0.6 is 23.2 Å². The number of anilines is 1. The van der Waals surface area contributed by atoms with E-state index < -0.39 is 24.3 Å². The molecule has 11 heteroatoms. The van der Waals surface area contributed by atoms with Crippen LogP contribution in [0.1, 0.15) is 10.5 Å². The van der Waals surface area contributed by atoms with Gasteiger partial charge in [-0.1, -0.05) is 23.2 Å². The highest BCUT2D eigenvalue weighted by Crippen LogP contribution is 2.36. The van der Waals surface area contributed by atoms with E-state index in [1.165, 1.54) is 25.3 Å². The lowest BCUT2D eigenvalue weighted by atomic mass is 10.1. The van der Waals surface area contributed by atoms with E-state index in [-0.39, 0.29) is 38.4 Å². The van der Waals surface area contributed by atoms with Crippen LogP contribution in [0.4, 0.5) is 10.1 Å². The average molecular weight is 404 g/mol. The van der Waals surface area contributed by atoms with Gasteiger partial charge in [0.05, 0.1) is 28.5 Å². The normalized spacial score (nSPS) is 10.5. The average Bonchev–Trinajstić information content (AvgIpc) is 2.57. The van der Waals surface area contributed by atoms with Gasteiger partial charge in [-0.05, 0) is 18.2 Å². The van der Waals surface area contributed by atoms with Crippen molar-refractivity contribution >= 4 is 40.8 Å². The highest BCUT2D eigenvalue weighted by Gasteiger charge is 2.21. The first-order chi connectivity index (χ1) is 12.3. The molecule has 1 aromatic heterocycles. The Morgan fingerprint density at radius 2 is 2.08 bits per heavy atom. The second kappa shape index (κ2) is 8.17. The number of hydrogen-bond acceptors (Lipinski definition) is 6. The lowest BCUT2D eigenvalue weighted by molar-refractivity contribution is -0.144. The number of carbonyl (C=O) groups is 2. The van der Waals surface area contributed by atoms with Crippen molar-refractivity contribution in [1.82, 2.24) is 10.5 Å². The van der Waals surface area contributed by atoms with Gasteiger partial charge in [0, 0.05) is 5.56 Å². The van der Waals surface area contributed by atoms with Gasteiger partial charge in [-0.25, -0.2) is 19.6 Å². The number of amides is 1. The van der Waals surface area contributed by atoms with Crippen LogP contribution in [0.3, 0.4) is 0 Å². The number of pyridine rings is 1. The number of hydrogen-bond donors (Lipinski definition) is 3. The van der Waals surface area contributed by atoms with E-state index in [2.05, 4.69) is 9.82 Å². The molecule has 138 valence electrons. The molecule has 0 atom stereocenters. The Hall–Kier alpha value is -2.62. The SMILES string of the molecule is COc1c(Cl)ccc(-c2cc(N)c(Cl)c(C(=O)NOCC(=O)O)n2)c1F. The molecule has 0 radical (unpaired) electrons. The molecule has 26 heavy (non-hydrogen) atoms. The molecule has 0 aliphatic rings. The van der Waals surface area contributed by atoms with Gasteiger partial charge in [-0.15, -0.1) is 0 Å². The Morgan fingerprint density at radius 1 is 1.38 bits per heavy atom. The highest BCUT2D eigenvalue weighted by atomic mass is 35.5. The fourth-order valence-corrected chi connectivity index (χ4v) is 2.37. The zero-order valence-corrected chi connectivity index (χ0v) is 14.7. The molecule has 0 saturated heterocycles. The summed E-state index contributed by atoms with van der Waals surface area (Å²) in [6.45, 7) is -0.776. The Labute approximate surface area is 156 Å². The molecule has 0 unspecified atom stereocenters. The maximum Gasteiger partial charge on any atom is 0.332 e. The minimum Gasteiger partial charge on any atom is -0.492 e. The number of nitrogens with one attached hydrogen (secondary N) is 1. The standard InChI is InChI=1S/C15H12Cl2FN3O5/c1-25-14-7(16)3-2-6(12(14)18)9-4-8(19)11(17)13(20-9)15(24)21-26-5-10(22)23/h2-4H,5H2,1H3,(H2,19,20)(H,21,24)(H,22,23). The molecule has 1 aromatic carbocycles. The summed E-state index contributed by atoms with van der Waals surface area (Å²) in [5.74, 6) is -3.25. The number of carboxylic acid groups (broad SMARTS) is 1. The van der Waals surface area contributed by atoms with Gasteiger partial charge >= 0.3 is 5.97 Å². The fraction of sp³-hybridized carbons (Fsp3) is 0.133. The molecule has 0 bridgehead atoms. The number of rotatable bonds is 6. The van der Waals surface area contributed by atoms with Crippen molar-refractivity contribution in [2.45, 2.75) is 0 Å². The summed E-state index contributed by atoms with van der Waals surface area (Å²) < 4.78 is 19.5. The third-order valence-electron chi connectivity index (χ3n) is 3.09. The van der Waals surface area contributed by atoms with Crippen LogP contribution in [-0.4, -0.2) is 35.7 Å². The molecule has 0 fully saturated rings. The van der Waals surface area contributed by atoms with Crippen molar-refractivity contribution in [2.24, 2.45) is 0 Å². The molecule has 1 amide bonds. The summed E-state index contributed by atoms with van der Waals surface area (Å²) in [6, 6.07) is 3.99. The number of carbonyl (C=O) groups excluding carboxylic acids is 1. The molecule has 0 saturated carbocycles. The van der Waals surface area contributed by atoms with Crippen LogP contribution in [0, 0.1) is 5.82 Å². The number of hydroxylamine groups is 1. The quantitative estimate of drug-likeness (QED) is 0.632. The van der Waals surface area contributed by atoms with Gasteiger partial charge in [0.2, 0.25) is 0 Å². The van der Waals surface area contributed by atoms with Crippen LogP contribution in [0.5, 0.6) is 5.75 Å². The van der Waals surface area contributed by atoms with Gasteiger partial charge in [-0.2, -0.15) is 0 Å². The van der Waals surface area contributed by atoms with Crippen molar-refractivity contribution in [1.29, 1.82) is 0 Å². The largest absolute Gasteiger partial charge is 0.492 e. The summed E-state index contributed by atoms with van der Waals surface area (Å²) >= 11 is 11.8. The summed E-state index contributed by atoms with van der Waals surface area (Å²) in [5, 5.41) is 8.34. The molecule has 8 nitrogen and oxygen atoms in total. The fourth-order valence-electron chi connectivity index (χ4n) is 1.97. The van der Waals surface area contributed by atoms with E-state index in [9.17, 15) is 14.0 Å². The van der Waals surface area contributed by atoms with Gasteiger partial charge in [0.1, 0.15) is 0 Å². The number of nitrogens with zero attached hydrogens (tertiary/aromatic N) is 1. The Bertz CT molecular complexity index is 879. The topological polar surface area (TPSA) is 124 Å². The second-order valence-electron chi connectivity index (χ2n) is 4.82. The van der Waals surface area contributed by atoms with Crippen LogP contribution in [0.2, 0.25) is 10.0 Å². The van der Waals surface area contributed by atoms with Gasteiger partial charge in [-0.3, -0.25) is 9.63 Å². The Kier molecular flexibility index (Phi) is 6.19. The van der Waals surface area contributed by atoms with E-state index in [4.69, 9.17) is 38.8 Å². The molecule has 0 aliphatic heterocycles. The smallest absolute Gasteiger partial charge is 0.332 e. The third-order valence-corrected chi connectivity index (χ3v) is 3.79. The number of benzene rings is 1. The third kappa shape index (κ3) is 4.13. The number of methoxy groups -OCH3 is 1. The first-order valence-corrected chi connectivity index (χ1v) is 7.64. The zero-order valence-electron chi connectivity index (χ0n) is 13.2. The molecule has 4 N–H and O–H groups in total. The van der Waals surface area contributed by atoms with Crippen molar-refractivity contribution < 1.29 is 28.7 Å². The summed E-state index contributed by atoms with van der Waals surface area (Å²) in [6.07, 6.45) is 0. The number of halogens is 3. The summed E-state index contributed by atoms with van der Waals surface area (Å²) in [4.78, 5) is 30.9. The van der Waals surface area contributed by atoms with E-state index in [1.54, 1.807) is 0 Å². The van der Waals surface area contributed by atoms with Crippen molar-refractivity contribution in [2.75, 3.05) is 19.5 Å². The molecule has 1 heterocycles.